The standard InChI is InChI=1S/C22H23FN2/c23-21-11-4-10-20(22-24-14-5-15-25-22)19(21)13-12-17-8-3-7-16-6-1-2-9-18(16)17/h2-4,7-11H,1,5-6,12-15H2,(H,24,25). The van der Waals surface area contributed by atoms with Gasteiger partial charge in [0.2, 0.25) is 0 Å². The summed E-state index contributed by atoms with van der Waals surface area (Å²) < 4.78 is 14.6. The maximum absolute atomic E-state index is 14.6. The van der Waals surface area contributed by atoms with Crippen molar-refractivity contribution in [1.82, 2.24) is 5.32 Å². The number of hydrogen-bond donors (Lipinski definition) is 1. The minimum Gasteiger partial charge on any atom is -0.370 e. The van der Waals surface area contributed by atoms with E-state index in [-0.39, 0.29) is 5.82 Å². The van der Waals surface area contributed by atoms with Crippen LogP contribution in [0.25, 0.3) is 6.08 Å². The summed E-state index contributed by atoms with van der Waals surface area (Å²) in [7, 11) is 0. The average molecular weight is 334 g/mol. The van der Waals surface area contributed by atoms with Crippen molar-refractivity contribution in [3.05, 3.63) is 76.1 Å². The van der Waals surface area contributed by atoms with Gasteiger partial charge in [0.25, 0.3) is 0 Å². The van der Waals surface area contributed by atoms with E-state index in [2.05, 4.69) is 40.7 Å². The van der Waals surface area contributed by atoms with Crippen molar-refractivity contribution in [3.63, 3.8) is 0 Å². The van der Waals surface area contributed by atoms with Crippen LogP contribution in [-0.2, 0) is 19.3 Å². The smallest absolute Gasteiger partial charge is 0.128 e. The van der Waals surface area contributed by atoms with Gasteiger partial charge in [0, 0.05) is 18.7 Å². The maximum atomic E-state index is 14.6. The van der Waals surface area contributed by atoms with E-state index in [9.17, 15) is 4.39 Å². The van der Waals surface area contributed by atoms with Crippen LogP contribution in [0.4, 0.5) is 4.39 Å². The highest BCUT2D eigenvalue weighted by atomic mass is 19.1. The Morgan fingerprint density at radius 1 is 1.08 bits per heavy atom. The van der Waals surface area contributed by atoms with Gasteiger partial charge < -0.3 is 5.32 Å². The van der Waals surface area contributed by atoms with Crippen LogP contribution in [0, 0.1) is 5.82 Å². The first-order chi connectivity index (χ1) is 12.3. The van der Waals surface area contributed by atoms with E-state index in [0.29, 0.717) is 6.42 Å². The van der Waals surface area contributed by atoms with Gasteiger partial charge in [-0.2, -0.15) is 0 Å². The zero-order valence-electron chi connectivity index (χ0n) is 14.4. The fraction of sp³-hybridized carbons (Fsp3) is 0.318. The summed E-state index contributed by atoms with van der Waals surface area (Å²) >= 11 is 0. The molecule has 0 atom stereocenters. The third-order valence-corrected chi connectivity index (χ3v) is 5.07. The van der Waals surface area contributed by atoms with Gasteiger partial charge in [-0.05, 0) is 60.4 Å². The fourth-order valence-corrected chi connectivity index (χ4v) is 3.76. The van der Waals surface area contributed by atoms with Crippen molar-refractivity contribution in [2.45, 2.75) is 32.1 Å². The third-order valence-electron chi connectivity index (χ3n) is 5.07. The van der Waals surface area contributed by atoms with Crippen molar-refractivity contribution in [2.24, 2.45) is 4.99 Å². The Balaban J connectivity index is 1.62. The van der Waals surface area contributed by atoms with Gasteiger partial charge in [0.1, 0.15) is 11.7 Å². The van der Waals surface area contributed by atoms with E-state index in [0.717, 1.165) is 55.7 Å². The SMILES string of the molecule is Fc1cccc(C2=NCCCN2)c1CCc1cccc2c1C=CCC2. The highest BCUT2D eigenvalue weighted by Gasteiger charge is 2.16. The second-order valence-electron chi connectivity index (χ2n) is 6.71. The van der Waals surface area contributed by atoms with Gasteiger partial charge >= 0.3 is 0 Å². The summed E-state index contributed by atoms with van der Waals surface area (Å²) in [6, 6.07) is 11.8. The van der Waals surface area contributed by atoms with E-state index in [1.54, 1.807) is 12.1 Å². The minimum absolute atomic E-state index is 0.132. The molecule has 128 valence electrons. The molecular formula is C22H23FN2. The fourth-order valence-electron chi connectivity index (χ4n) is 3.76. The van der Waals surface area contributed by atoms with Crippen LogP contribution in [-0.4, -0.2) is 18.9 Å². The lowest BCUT2D eigenvalue weighted by Crippen LogP contribution is -2.31. The van der Waals surface area contributed by atoms with Crippen molar-refractivity contribution < 1.29 is 4.39 Å². The van der Waals surface area contributed by atoms with Gasteiger partial charge in [-0.3, -0.25) is 4.99 Å². The first-order valence-corrected chi connectivity index (χ1v) is 9.16. The number of rotatable bonds is 4. The normalized spacial score (nSPS) is 16.1. The molecule has 3 heteroatoms. The molecule has 2 aromatic carbocycles. The zero-order chi connectivity index (χ0) is 17.1. The summed E-state index contributed by atoms with van der Waals surface area (Å²) in [5.74, 6) is 0.712. The van der Waals surface area contributed by atoms with Crippen LogP contribution in [0.2, 0.25) is 0 Å². The van der Waals surface area contributed by atoms with E-state index >= 15 is 0 Å². The number of aryl methyl sites for hydroxylation is 2. The van der Waals surface area contributed by atoms with Crippen molar-refractivity contribution in [3.8, 4) is 0 Å². The predicted molar refractivity (Wildman–Crippen MR) is 102 cm³/mol. The molecule has 2 aliphatic rings. The number of benzene rings is 2. The van der Waals surface area contributed by atoms with Gasteiger partial charge in [0.15, 0.2) is 0 Å². The first-order valence-electron chi connectivity index (χ1n) is 9.16. The molecule has 1 N–H and O–H groups in total. The Bertz CT molecular complexity index is 836. The lowest BCUT2D eigenvalue weighted by atomic mass is 9.90. The molecule has 0 aromatic heterocycles. The number of hydrogen-bond acceptors (Lipinski definition) is 2. The molecule has 0 radical (unpaired) electrons. The molecule has 1 aliphatic carbocycles. The van der Waals surface area contributed by atoms with Crippen LogP contribution in [0.3, 0.4) is 0 Å². The number of aliphatic imine (C=N–C) groups is 1. The van der Waals surface area contributed by atoms with Gasteiger partial charge in [0.05, 0.1) is 0 Å². The van der Waals surface area contributed by atoms with Crippen LogP contribution in [0.5, 0.6) is 0 Å². The number of nitrogens with zero attached hydrogens (tertiary/aromatic N) is 1. The maximum Gasteiger partial charge on any atom is 0.128 e. The lowest BCUT2D eigenvalue weighted by Gasteiger charge is -2.19. The molecule has 2 aromatic rings. The van der Waals surface area contributed by atoms with Crippen molar-refractivity contribution in [1.29, 1.82) is 0 Å². The van der Waals surface area contributed by atoms with Crippen molar-refractivity contribution >= 4 is 11.9 Å². The Kier molecular flexibility index (Phi) is 4.64. The molecule has 0 saturated carbocycles. The molecule has 1 aliphatic heterocycles. The lowest BCUT2D eigenvalue weighted by molar-refractivity contribution is 0.607. The Labute approximate surface area is 148 Å². The van der Waals surface area contributed by atoms with Gasteiger partial charge in [-0.25, -0.2) is 4.39 Å². The average Bonchev–Trinajstić information content (AvgIpc) is 2.67. The molecule has 0 saturated heterocycles. The monoisotopic (exact) mass is 334 g/mol. The van der Waals surface area contributed by atoms with Crippen LogP contribution >= 0.6 is 0 Å². The summed E-state index contributed by atoms with van der Waals surface area (Å²) in [5.41, 5.74) is 5.74. The molecule has 4 rings (SSSR count). The van der Waals surface area contributed by atoms with Gasteiger partial charge in [-0.15, -0.1) is 0 Å². The molecule has 2 nitrogen and oxygen atoms in total. The third kappa shape index (κ3) is 3.37. The Hall–Kier alpha value is -2.42. The summed E-state index contributed by atoms with van der Waals surface area (Å²) in [4.78, 5) is 4.55. The number of halogens is 1. The Morgan fingerprint density at radius 2 is 2.00 bits per heavy atom. The topological polar surface area (TPSA) is 24.4 Å². The molecule has 0 spiro atoms. The second-order valence-corrected chi connectivity index (χ2v) is 6.71. The highest BCUT2D eigenvalue weighted by molar-refractivity contribution is 6.00. The minimum atomic E-state index is -0.132. The Morgan fingerprint density at radius 3 is 2.88 bits per heavy atom. The van der Waals surface area contributed by atoms with Crippen LogP contribution in [0.15, 0.2) is 47.5 Å². The second kappa shape index (κ2) is 7.22. The highest BCUT2D eigenvalue weighted by Crippen LogP contribution is 2.25. The quantitative estimate of drug-likeness (QED) is 0.885. The molecule has 0 bridgehead atoms. The van der Waals surface area contributed by atoms with Crippen molar-refractivity contribution in [2.75, 3.05) is 13.1 Å². The van der Waals surface area contributed by atoms with E-state index in [1.807, 2.05) is 6.07 Å². The molecule has 0 unspecified atom stereocenters. The van der Waals surface area contributed by atoms with E-state index < -0.39 is 0 Å². The van der Waals surface area contributed by atoms with Crippen LogP contribution < -0.4 is 5.32 Å². The first kappa shape index (κ1) is 16.1. The zero-order valence-corrected chi connectivity index (χ0v) is 14.4. The van der Waals surface area contributed by atoms with E-state index in [4.69, 9.17) is 0 Å². The molecular weight excluding hydrogens is 311 g/mol. The number of nitrogens with one attached hydrogen (secondary N) is 1. The number of allylic oxidation sites excluding steroid dienone is 1. The number of fused-ring (bicyclic) bond motifs is 1. The number of amidine groups is 1. The summed E-state index contributed by atoms with van der Waals surface area (Å²) in [6.07, 6.45) is 9.24. The van der Waals surface area contributed by atoms with Gasteiger partial charge in [-0.1, -0.05) is 42.5 Å². The summed E-state index contributed by atoms with van der Waals surface area (Å²) in [6.45, 7) is 1.72. The summed E-state index contributed by atoms with van der Waals surface area (Å²) in [5, 5.41) is 3.32. The molecule has 0 amide bonds. The van der Waals surface area contributed by atoms with E-state index in [1.165, 1.54) is 16.7 Å². The van der Waals surface area contributed by atoms with Crippen LogP contribution in [0.1, 0.15) is 40.7 Å². The molecule has 1 heterocycles. The predicted octanol–water partition coefficient (Wildman–Crippen LogP) is 4.31. The molecule has 0 fully saturated rings. The molecule has 25 heavy (non-hydrogen) atoms. The largest absolute Gasteiger partial charge is 0.370 e.